The fourth-order valence-corrected chi connectivity index (χ4v) is 3.21. The lowest BCUT2D eigenvalue weighted by Crippen LogP contribution is -2.20. The zero-order valence-electron chi connectivity index (χ0n) is 19.1. The van der Waals surface area contributed by atoms with E-state index in [1.807, 2.05) is 80.6 Å². The summed E-state index contributed by atoms with van der Waals surface area (Å²) in [6.45, 7) is 3.89. The Morgan fingerprint density at radius 2 is 1.55 bits per heavy atom. The minimum atomic E-state index is -0.602. The number of hydrogen-bond donors (Lipinski definition) is 0. The van der Waals surface area contributed by atoms with Gasteiger partial charge in [0.2, 0.25) is 0 Å². The number of oxime groups is 2. The largest absolute Gasteiger partial charge is 0.464 e. The van der Waals surface area contributed by atoms with E-state index in [2.05, 4.69) is 10.3 Å². The lowest BCUT2D eigenvalue weighted by Gasteiger charge is -2.13. The van der Waals surface area contributed by atoms with E-state index in [0.29, 0.717) is 17.0 Å². The summed E-state index contributed by atoms with van der Waals surface area (Å²) >= 11 is 0. The molecule has 0 amide bonds. The summed E-state index contributed by atoms with van der Waals surface area (Å²) in [6, 6.07) is 22.7. The normalized spacial score (nSPS) is 11.6. The van der Waals surface area contributed by atoms with Crippen LogP contribution in [-0.2, 0) is 25.8 Å². The molecular weight excluding hydrogens is 420 g/mol. The lowest BCUT2D eigenvalue weighted by atomic mass is 9.99. The van der Waals surface area contributed by atoms with E-state index < -0.39 is 5.97 Å². The van der Waals surface area contributed by atoms with Crippen molar-refractivity contribution in [2.24, 2.45) is 10.3 Å². The zero-order chi connectivity index (χ0) is 23.6. The third kappa shape index (κ3) is 5.98. The Labute approximate surface area is 193 Å². The summed E-state index contributed by atoms with van der Waals surface area (Å²) in [6.07, 6.45) is 0. The molecule has 7 nitrogen and oxygen atoms in total. The Bertz CT molecular complexity index is 1160. The molecule has 33 heavy (non-hydrogen) atoms. The highest BCUT2D eigenvalue weighted by molar-refractivity contribution is 6.43. The summed E-state index contributed by atoms with van der Waals surface area (Å²) in [5.41, 5.74) is 3.75. The molecule has 7 heteroatoms. The van der Waals surface area contributed by atoms with Crippen LogP contribution in [0.15, 0.2) is 83.1 Å². The van der Waals surface area contributed by atoms with E-state index in [4.69, 9.17) is 19.1 Å². The van der Waals surface area contributed by atoms with Crippen molar-refractivity contribution in [3.8, 4) is 11.5 Å². The summed E-state index contributed by atoms with van der Waals surface area (Å²) in [5.74, 6) is 0.802. The van der Waals surface area contributed by atoms with Crippen molar-refractivity contribution < 1.29 is 23.9 Å². The van der Waals surface area contributed by atoms with Crippen LogP contribution in [0.3, 0.4) is 0 Å². The third-order valence-corrected chi connectivity index (χ3v) is 4.88. The van der Waals surface area contributed by atoms with Crippen molar-refractivity contribution in [2.75, 3.05) is 14.2 Å². The fourth-order valence-electron chi connectivity index (χ4n) is 3.21. The number of rotatable bonds is 9. The first kappa shape index (κ1) is 23.5. The van der Waals surface area contributed by atoms with Crippen LogP contribution in [0.4, 0.5) is 0 Å². The van der Waals surface area contributed by atoms with Gasteiger partial charge in [-0.1, -0.05) is 58.8 Å². The molecule has 3 aromatic carbocycles. The number of hydrogen-bond acceptors (Lipinski definition) is 7. The molecule has 0 unspecified atom stereocenters. The first-order valence-electron chi connectivity index (χ1n) is 10.3. The predicted molar refractivity (Wildman–Crippen MR) is 127 cm³/mol. The first-order chi connectivity index (χ1) is 16.0. The van der Waals surface area contributed by atoms with Crippen LogP contribution < -0.4 is 4.74 Å². The molecule has 0 N–H and O–H groups in total. The van der Waals surface area contributed by atoms with Gasteiger partial charge in [0, 0.05) is 16.7 Å². The summed E-state index contributed by atoms with van der Waals surface area (Å²) in [5, 5.41) is 8.14. The molecule has 0 aromatic heterocycles. The summed E-state index contributed by atoms with van der Waals surface area (Å²) in [4.78, 5) is 22.7. The topological polar surface area (TPSA) is 78.7 Å². The van der Waals surface area contributed by atoms with Crippen LogP contribution in [0.2, 0.25) is 0 Å². The number of carbonyl (C=O) groups is 1. The van der Waals surface area contributed by atoms with Gasteiger partial charge in [-0.2, -0.15) is 0 Å². The molecule has 3 aromatic rings. The Kier molecular flexibility index (Phi) is 8.18. The van der Waals surface area contributed by atoms with Gasteiger partial charge in [0.15, 0.2) is 5.71 Å². The van der Waals surface area contributed by atoms with Crippen LogP contribution in [0, 0.1) is 6.92 Å². The standard InChI is InChI=1S/C26H26N2O5/c1-18-11-10-15-22(25(28-31-4)26(29)30-3)23(18)17-32-27-19(2)21-14-8-9-16-24(21)33-20-12-6-5-7-13-20/h5-16H,17H2,1-4H3/b27-19+,28-25+. The number of ether oxygens (including phenoxy) is 2. The number of benzene rings is 3. The van der Waals surface area contributed by atoms with Gasteiger partial charge in [-0.15, -0.1) is 0 Å². The molecular formula is C26H26N2O5. The molecule has 0 atom stereocenters. The third-order valence-electron chi connectivity index (χ3n) is 4.88. The Hall–Kier alpha value is -4.13. The van der Waals surface area contributed by atoms with E-state index in [9.17, 15) is 4.79 Å². The number of esters is 1. The zero-order valence-corrected chi connectivity index (χ0v) is 19.1. The Balaban J connectivity index is 1.83. The molecule has 170 valence electrons. The maximum Gasteiger partial charge on any atom is 0.360 e. The van der Waals surface area contributed by atoms with Gasteiger partial charge in [-0.05, 0) is 43.7 Å². The fraction of sp³-hybridized carbons (Fsp3) is 0.192. The molecule has 0 saturated carbocycles. The lowest BCUT2D eigenvalue weighted by molar-refractivity contribution is -0.132. The summed E-state index contributed by atoms with van der Waals surface area (Å²) < 4.78 is 10.9. The molecule has 0 aliphatic heterocycles. The smallest absolute Gasteiger partial charge is 0.360 e. The van der Waals surface area contributed by atoms with Crippen molar-refractivity contribution in [1.29, 1.82) is 0 Å². The molecule has 3 rings (SSSR count). The average Bonchev–Trinajstić information content (AvgIpc) is 2.84. The Morgan fingerprint density at radius 1 is 0.848 bits per heavy atom. The van der Waals surface area contributed by atoms with Crippen molar-refractivity contribution in [3.63, 3.8) is 0 Å². The highest BCUT2D eigenvalue weighted by Gasteiger charge is 2.20. The number of para-hydroxylation sites is 2. The van der Waals surface area contributed by atoms with Crippen LogP contribution in [0.5, 0.6) is 11.5 Å². The van der Waals surface area contributed by atoms with E-state index in [-0.39, 0.29) is 12.3 Å². The van der Waals surface area contributed by atoms with Crippen molar-refractivity contribution in [1.82, 2.24) is 0 Å². The molecule has 0 aliphatic rings. The second-order valence-corrected chi connectivity index (χ2v) is 7.08. The van der Waals surface area contributed by atoms with Crippen molar-refractivity contribution in [2.45, 2.75) is 20.5 Å². The molecule has 0 fully saturated rings. The minimum Gasteiger partial charge on any atom is -0.464 e. The average molecular weight is 447 g/mol. The molecule has 0 heterocycles. The highest BCUT2D eigenvalue weighted by Crippen LogP contribution is 2.26. The number of aryl methyl sites for hydroxylation is 1. The highest BCUT2D eigenvalue weighted by atomic mass is 16.6. The number of carbonyl (C=O) groups excluding carboxylic acids is 1. The monoisotopic (exact) mass is 446 g/mol. The van der Waals surface area contributed by atoms with Gasteiger partial charge in [0.1, 0.15) is 25.2 Å². The maximum atomic E-state index is 12.2. The molecule has 0 spiro atoms. The van der Waals surface area contributed by atoms with Gasteiger partial charge >= 0.3 is 5.97 Å². The molecule has 0 radical (unpaired) electrons. The van der Waals surface area contributed by atoms with Gasteiger partial charge in [-0.3, -0.25) is 0 Å². The first-order valence-corrected chi connectivity index (χ1v) is 10.3. The predicted octanol–water partition coefficient (Wildman–Crippen LogP) is 5.25. The maximum absolute atomic E-state index is 12.2. The van der Waals surface area contributed by atoms with Gasteiger partial charge < -0.3 is 19.1 Å². The van der Waals surface area contributed by atoms with Crippen LogP contribution in [-0.4, -0.2) is 31.6 Å². The van der Waals surface area contributed by atoms with E-state index in [1.165, 1.54) is 14.2 Å². The molecule has 0 aliphatic carbocycles. The van der Waals surface area contributed by atoms with Gasteiger partial charge in [0.05, 0.1) is 12.8 Å². The SMILES string of the molecule is CO/N=C(/C(=O)OC)c1cccc(C)c1CO/N=C(\C)c1ccccc1Oc1ccccc1. The second-order valence-electron chi connectivity index (χ2n) is 7.08. The number of nitrogens with zero attached hydrogens (tertiary/aromatic N) is 2. The van der Waals surface area contributed by atoms with Gasteiger partial charge in [-0.25, -0.2) is 4.79 Å². The van der Waals surface area contributed by atoms with Crippen LogP contribution in [0.25, 0.3) is 0 Å². The van der Waals surface area contributed by atoms with E-state index in [0.717, 1.165) is 22.4 Å². The second kappa shape index (κ2) is 11.5. The van der Waals surface area contributed by atoms with Crippen LogP contribution >= 0.6 is 0 Å². The summed E-state index contributed by atoms with van der Waals surface area (Å²) in [7, 11) is 2.67. The quantitative estimate of drug-likeness (QED) is 0.255. The molecule has 0 bridgehead atoms. The number of methoxy groups -OCH3 is 1. The Morgan fingerprint density at radius 3 is 2.27 bits per heavy atom. The van der Waals surface area contributed by atoms with E-state index >= 15 is 0 Å². The van der Waals surface area contributed by atoms with Crippen LogP contribution in [0.1, 0.15) is 29.2 Å². The van der Waals surface area contributed by atoms with Crippen molar-refractivity contribution in [3.05, 3.63) is 95.1 Å². The van der Waals surface area contributed by atoms with Gasteiger partial charge in [0.25, 0.3) is 0 Å². The minimum absolute atomic E-state index is 0.0598. The molecule has 0 saturated heterocycles. The van der Waals surface area contributed by atoms with Crippen molar-refractivity contribution >= 4 is 17.4 Å². The van der Waals surface area contributed by atoms with E-state index in [1.54, 1.807) is 6.07 Å².